The molecule has 3 rings (SSSR count). The van der Waals surface area contributed by atoms with Gasteiger partial charge in [0, 0.05) is 6.54 Å². The molecule has 0 radical (unpaired) electrons. The Hall–Kier alpha value is -3.07. The van der Waals surface area contributed by atoms with E-state index in [1.807, 2.05) is 0 Å². The molecule has 0 atom stereocenters. The van der Waals surface area contributed by atoms with Crippen molar-refractivity contribution in [3.8, 4) is 5.75 Å². The van der Waals surface area contributed by atoms with Gasteiger partial charge in [0.1, 0.15) is 5.75 Å². The lowest BCUT2D eigenvalue weighted by Crippen LogP contribution is -2.34. The quantitative estimate of drug-likeness (QED) is 0.722. The fraction of sp³-hybridized carbons (Fsp3) is 0.300. The summed E-state index contributed by atoms with van der Waals surface area (Å²) in [6, 6.07) is 11.6. The van der Waals surface area contributed by atoms with E-state index in [9.17, 15) is 18.0 Å². The van der Waals surface area contributed by atoms with Gasteiger partial charge >= 0.3 is 5.97 Å². The molecular weight excluding hydrogens is 396 g/mol. The second kappa shape index (κ2) is 8.52. The van der Waals surface area contributed by atoms with Gasteiger partial charge in [0.05, 0.1) is 30.3 Å². The van der Waals surface area contributed by atoms with Crippen LogP contribution in [0.15, 0.2) is 42.5 Å². The maximum Gasteiger partial charge on any atom is 0.338 e. The number of carbonyl (C=O) groups excluding carboxylic acids is 2. The van der Waals surface area contributed by atoms with E-state index in [4.69, 9.17) is 9.47 Å². The molecule has 8 nitrogen and oxygen atoms in total. The zero-order chi connectivity index (χ0) is 21.0. The molecule has 2 aromatic carbocycles. The summed E-state index contributed by atoms with van der Waals surface area (Å²) < 4.78 is 35.4. The van der Waals surface area contributed by atoms with Gasteiger partial charge in [-0.1, -0.05) is 12.1 Å². The summed E-state index contributed by atoms with van der Waals surface area (Å²) >= 11 is 0. The number of ether oxygens (including phenoxy) is 2. The van der Waals surface area contributed by atoms with Crippen molar-refractivity contribution >= 4 is 33.3 Å². The predicted octanol–water partition coefficient (Wildman–Crippen LogP) is 2.20. The molecule has 1 heterocycles. The average Bonchev–Trinajstić information content (AvgIpc) is 2.70. The molecule has 1 N–H and O–H groups in total. The normalized spacial score (nSPS) is 13.4. The predicted molar refractivity (Wildman–Crippen MR) is 109 cm³/mol. The molecular formula is C20H22N2O6S. The molecule has 0 bridgehead atoms. The lowest BCUT2D eigenvalue weighted by molar-refractivity contribution is -0.119. The molecule has 1 amide bonds. The van der Waals surface area contributed by atoms with Gasteiger partial charge in [0.15, 0.2) is 6.61 Å². The number of anilines is 2. The minimum atomic E-state index is -3.38. The van der Waals surface area contributed by atoms with Crippen LogP contribution in [0.3, 0.4) is 0 Å². The number of methoxy groups -OCH3 is 1. The minimum absolute atomic E-state index is 0.268. The number of hydrogen-bond acceptors (Lipinski definition) is 6. The molecule has 0 aliphatic carbocycles. The van der Waals surface area contributed by atoms with Crippen molar-refractivity contribution < 1.29 is 27.5 Å². The van der Waals surface area contributed by atoms with Gasteiger partial charge in [-0.3, -0.25) is 9.10 Å². The second-order valence-corrected chi connectivity index (χ2v) is 8.51. The van der Waals surface area contributed by atoms with Crippen LogP contribution < -0.4 is 14.4 Å². The summed E-state index contributed by atoms with van der Waals surface area (Å²) in [6.07, 6.45) is 2.49. The van der Waals surface area contributed by atoms with E-state index in [0.29, 0.717) is 36.5 Å². The fourth-order valence-electron chi connectivity index (χ4n) is 3.18. The Morgan fingerprint density at radius 2 is 1.93 bits per heavy atom. The van der Waals surface area contributed by atoms with E-state index in [2.05, 4.69) is 5.32 Å². The fourth-order valence-corrected chi connectivity index (χ4v) is 4.18. The number of nitrogens with one attached hydrogen (secondary N) is 1. The molecule has 29 heavy (non-hydrogen) atoms. The van der Waals surface area contributed by atoms with Crippen LogP contribution in [-0.2, 0) is 26.0 Å². The van der Waals surface area contributed by atoms with Crippen molar-refractivity contribution in [1.29, 1.82) is 0 Å². The van der Waals surface area contributed by atoms with Crippen LogP contribution in [0.2, 0.25) is 0 Å². The highest BCUT2D eigenvalue weighted by atomic mass is 32.2. The molecule has 0 fully saturated rings. The first-order valence-corrected chi connectivity index (χ1v) is 10.8. The van der Waals surface area contributed by atoms with Crippen LogP contribution in [0.4, 0.5) is 11.4 Å². The largest absolute Gasteiger partial charge is 0.495 e. The summed E-state index contributed by atoms with van der Waals surface area (Å²) in [5.74, 6) is -0.652. The van der Waals surface area contributed by atoms with Gasteiger partial charge in [-0.05, 0) is 48.7 Å². The van der Waals surface area contributed by atoms with E-state index in [1.165, 1.54) is 17.5 Å². The highest BCUT2D eigenvalue weighted by molar-refractivity contribution is 7.92. The van der Waals surface area contributed by atoms with Gasteiger partial charge in [-0.15, -0.1) is 0 Å². The van der Waals surface area contributed by atoms with Crippen molar-refractivity contribution in [3.05, 3.63) is 53.6 Å². The van der Waals surface area contributed by atoms with Crippen LogP contribution in [0.25, 0.3) is 0 Å². The van der Waals surface area contributed by atoms with Crippen molar-refractivity contribution in [2.75, 3.05) is 36.1 Å². The maximum atomic E-state index is 12.3. The number of carbonyl (C=O) groups is 2. The van der Waals surface area contributed by atoms with Gasteiger partial charge in [-0.2, -0.15) is 0 Å². The topological polar surface area (TPSA) is 102 Å². The van der Waals surface area contributed by atoms with E-state index in [0.717, 1.165) is 11.8 Å². The van der Waals surface area contributed by atoms with Gasteiger partial charge in [0.25, 0.3) is 5.91 Å². The van der Waals surface area contributed by atoms with Gasteiger partial charge in [-0.25, -0.2) is 13.2 Å². The molecule has 0 unspecified atom stereocenters. The molecule has 1 aliphatic heterocycles. The summed E-state index contributed by atoms with van der Waals surface area (Å²) in [5.41, 5.74) is 2.08. The van der Waals surface area contributed by atoms with Crippen molar-refractivity contribution in [2.24, 2.45) is 0 Å². The molecule has 0 saturated heterocycles. The first-order valence-electron chi connectivity index (χ1n) is 9.00. The molecule has 2 aromatic rings. The van der Waals surface area contributed by atoms with Crippen LogP contribution in [0.5, 0.6) is 5.75 Å². The Balaban J connectivity index is 1.65. The maximum absolute atomic E-state index is 12.3. The monoisotopic (exact) mass is 418 g/mol. The van der Waals surface area contributed by atoms with E-state index in [-0.39, 0.29) is 5.56 Å². The van der Waals surface area contributed by atoms with Crippen LogP contribution in [0, 0.1) is 0 Å². The molecule has 0 aromatic heterocycles. The van der Waals surface area contributed by atoms with Crippen LogP contribution in [-0.4, -0.2) is 46.8 Å². The summed E-state index contributed by atoms with van der Waals surface area (Å²) in [4.78, 5) is 24.4. The van der Waals surface area contributed by atoms with Crippen LogP contribution in [0.1, 0.15) is 22.3 Å². The number of aryl methyl sites for hydroxylation is 1. The van der Waals surface area contributed by atoms with E-state index >= 15 is 0 Å². The molecule has 154 valence electrons. The van der Waals surface area contributed by atoms with Gasteiger partial charge in [0.2, 0.25) is 10.0 Å². The lowest BCUT2D eigenvalue weighted by atomic mass is 10.0. The Morgan fingerprint density at radius 3 is 2.66 bits per heavy atom. The second-order valence-electron chi connectivity index (χ2n) is 6.61. The number of rotatable bonds is 6. The number of nitrogens with zero attached hydrogens (tertiary/aromatic N) is 1. The summed E-state index contributed by atoms with van der Waals surface area (Å²) in [5, 5.41) is 2.63. The Kier molecular flexibility index (Phi) is 6.07. The smallest absolute Gasteiger partial charge is 0.338 e. The summed E-state index contributed by atoms with van der Waals surface area (Å²) in [7, 11) is -1.88. The Labute approximate surface area is 169 Å². The van der Waals surface area contributed by atoms with Crippen molar-refractivity contribution in [2.45, 2.75) is 12.8 Å². The molecule has 0 spiro atoms. The average molecular weight is 418 g/mol. The Morgan fingerprint density at radius 1 is 1.17 bits per heavy atom. The summed E-state index contributed by atoms with van der Waals surface area (Å²) in [6.45, 7) is -0.0395. The molecule has 9 heteroatoms. The SMILES string of the molecule is COc1ccccc1NC(=O)COC(=O)c1ccc2c(c1)CCCN2S(C)(=O)=O. The zero-order valence-corrected chi connectivity index (χ0v) is 17.0. The lowest BCUT2D eigenvalue weighted by Gasteiger charge is -2.29. The number of esters is 1. The zero-order valence-electron chi connectivity index (χ0n) is 16.2. The van der Waals surface area contributed by atoms with E-state index in [1.54, 1.807) is 36.4 Å². The highest BCUT2D eigenvalue weighted by Gasteiger charge is 2.25. The standard InChI is InChI=1S/C20H22N2O6S/c1-27-18-8-4-3-7-16(18)21-19(23)13-28-20(24)15-9-10-17-14(12-15)6-5-11-22(17)29(2,25)26/h3-4,7-10,12H,5-6,11,13H2,1-2H3,(H,21,23). The minimum Gasteiger partial charge on any atom is -0.495 e. The van der Waals surface area contributed by atoms with Crippen molar-refractivity contribution in [3.63, 3.8) is 0 Å². The van der Waals surface area contributed by atoms with Gasteiger partial charge < -0.3 is 14.8 Å². The number of amides is 1. The van der Waals surface area contributed by atoms with E-state index < -0.39 is 28.5 Å². The Bertz CT molecular complexity index is 1040. The van der Waals surface area contributed by atoms with Crippen LogP contribution >= 0.6 is 0 Å². The molecule has 1 aliphatic rings. The first kappa shape index (κ1) is 20.7. The number of hydrogen-bond donors (Lipinski definition) is 1. The molecule has 0 saturated carbocycles. The first-order chi connectivity index (χ1) is 13.8. The third kappa shape index (κ3) is 4.86. The third-order valence-electron chi connectivity index (χ3n) is 4.51. The third-order valence-corrected chi connectivity index (χ3v) is 5.69. The number of fused-ring (bicyclic) bond motifs is 1. The number of para-hydroxylation sites is 2. The highest BCUT2D eigenvalue weighted by Crippen LogP contribution is 2.30. The number of sulfonamides is 1. The van der Waals surface area contributed by atoms with Crippen molar-refractivity contribution in [1.82, 2.24) is 0 Å². The number of benzene rings is 2.